The lowest BCUT2D eigenvalue weighted by Crippen LogP contribution is -1.98. The largest absolute Gasteiger partial charge is 0.0891 e. The van der Waals surface area contributed by atoms with Gasteiger partial charge in [-0.3, -0.25) is 0 Å². The third-order valence-corrected chi connectivity index (χ3v) is 5.35. The minimum absolute atomic E-state index is 0.721. The van der Waals surface area contributed by atoms with Crippen molar-refractivity contribution in [3.05, 3.63) is 60.2 Å². The molecule has 0 saturated carbocycles. The molecule has 0 aliphatic rings. The minimum atomic E-state index is 0.721. The van der Waals surface area contributed by atoms with Gasteiger partial charge >= 0.3 is 0 Å². The standard InChI is InChI=1S/C22H29Br/c1-2-3-16-21(23)17-9-5-8-14-20-15-10-11-18-22(20)19-12-6-4-7-13-19/h4,6-7,10-13,15,18,21H,2-3,5,8-9,14,16-17H2,1H3. The number of rotatable bonds is 10. The first kappa shape index (κ1) is 18.3. The van der Waals surface area contributed by atoms with Gasteiger partial charge in [0.05, 0.1) is 0 Å². The fourth-order valence-corrected chi connectivity index (χ4v) is 3.71. The second-order valence-electron chi connectivity index (χ2n) is 6.36. The van der Waals surface area contributed by atoms with Crippen molar-refractivity contribution in [1.29, 1.82) is 0 Å². The summed E-state index contributed by atoms with van der Waals surface area (Å²) >= 11 is 3.82. The number of benzene rings is 2. The van der Waals surface area contributed by atoms with Gasteiger partial charge in [0.2, 0.25) is 0 Å². The fraction of sp³-hybridized carbons (Fsp3) is 0.455. The van der Waals surface area contributed by atoms with Crippen molar-refractivity contribution >= 4 is 15.9 Å². The number of unbranched alkanes of at least 4 members (excludes halogenated alkanes) is 3. The Balaban J connectivity index is 1.78. The molecule has 1 heteroatoms. The molecule has 2 aromatic carbocycles. The molecule has 0 radical (unpaired) electrons. The van der Waals surface area contributed by atoms with Gasteiger partial charge in [-0.15, -0.1) is 0 Å². The van der Waals surface area contributed by atoms with E-state index in [1.807, 2.05) is 0 Å². The fourth-order valence-electron chi connectivity index (χ4n) is 3.07. The zero-order valence-corrected chi connectivity index (χ0v) is 15.9. The second-order valence-corrected chi connectivity index (χ2v) is 7.66. The van der Waals surface area contributed by atoms with E-state index in [1.54, 1.807) is 0 Å². The number of hydrogen-bond acceptors (Lipinski definition) is 0. The van der Waals surface area contributed by atoms with Crippen LogP contribution >= 0.6 is 15.9 Å². The topological polar surface area (TPSA) is 0 Å². The summed E-state index contributed by atoms with van der Waals surface area (Å²) in [7, 11) is 0. The molecule has 0 fully saturated rings. The first-order valence-corrected chi connectivity index (χ1v) is 10.00. The Hall–Kier alpha value is -1.08. The molecule has 23 heavy (non-hydrogen) atoms. The zero-order chi connectivity index (χ0) is 16.3. The molecule has 2 aromatic rings. The highest BCUT2D eigenvalue weighted by molar-refractivity contribution is 9.09. The molecule has 0 spiro atoms. The summed E-state index contributed by atoms with van der Waals surface area (Å²) in [5.74, 6) is 0. The Kier molecular flexibility index (Phi) is 8.46. The number of aryl methyl sites for hydroxylation is 1. The van der Waals surface area contributed by atoms with Crippen LogP contribution in [0.5, 0.6) is 0 Å². The normalized spacial score (nSPS) is 12.3. The van der Waals surface area contributed by atoms with Crippen molar-refractivity contribution in [3.63, 3.8) is 0 Å². The molecular formula is C22H29Br. The minimum Gasteiger partial charge on any atom is -0.0891 e. The van der Waals surface area contributed by atoms with Crippen LogP contribution in [0.4, 0.5) is 0 Å². The van der Waals surface area contributed by atoms with Crippen LogP contribution in [0.1, 0.15) is 57.4 Å². The van der Waals surface area contributed by atoms with Crippen molar-refractivity contribution in [2.24, 2.45) is 0 Å². The van der Waals surface area contributed by atoms with E-state index in [4.69, 9.17) is 0 Å². The van der Waals surface area contributed by atoms with Crippen molar-refractivity contribution in [3.8, 4) is 11.1 Å². The van der Waals surface area contributed by atoms with E-state index in [1.165, 1.54) is 68.1 Å². The van der Waals surface area contributed by atoms with E-state index in [-0.39, 0.29) is 0 Å². The van der Waals surface area contributed by atoms with E-state index >= 15 is 0 Å². The lowest BCUT2D eigenvalue weighted by Gasteiger charge is -2.11. The third kappa shape index (κ3) is 6.51. The summed E-state index contributed by atoms with van der Waals surface area (Å²) in [5, 5.41) is 0. The van der Waals surface area contributed by atoms with Crippen molar-refractivity contribution < 1.29 is 0 Å². The Morgan fingerprint density at radius 3 is 2.26 bits per heavy atom. The van der Waals surface area contributed by atoms with Crippen molar-refractivity contribution in [2.45, 2.75) is 63.1 Å². The highest BCUT2D eigenvalue weighted by atomic mass is 79.9. The molecule has 1 unspecified atom stereocenters. The van der Waals surface area contributed by atoms with Gasteiger partial charge in [-0.1, -0.05) is 103 Å². The molecule has 0 aromatic heterocycles. The van der Waals surface area contributed by atoms with E-state index in [2.05, 4.69) is 77.5 Å². The Labute approximate surface area is 150 Å². The first-order valence-electron chi connectivity index (χ1n) is 9.08. The lowest BCUT2D eigenvalue weighted by molar-refractivity contribution is 0.592. The Bertz CT molecular complexity index is 547. The third-order valence-electron chi connectivity index (χ3n) is 4.44. The predicted molar refractivity (Wildman–Crippen MR) is 106 cm³/mol. The maximum absolute atomic E-state index is 3.82. The number of halogens is 1. The number of hydrogen-bond donors (Lipinski definition) is 0. The maximum atomic E-state index is 3.82. The molecule has 0 N–H and O–H groups in total. The molecule has 0 saturated heterocycles. The van der Waals surface area contributed by atoms with E-state index in [9.17, 15) is 0 Å². The predicted octanol–water partition coefficient (Wildman–Crippen LogP) is 7.41. The van der Waals surface area contributed by atoms with Gasteiger partial charge in [-0.25, -0.2) is 0 Å². The van der Waals surface area contributed by atoms with Crippen LogP contribution in [-0.2, 0) is 6.42 Å². The van der Waals surface area contributed by atoms with Crippen LogP contribution < -0.4 is 0 Å². The van der Waals surface area contributed by atoms with Gasteiger partial charge < -0.3 is 0 Å². The molecule has 0 amide bonds. The van der Waals surface area contributed by atoms with E-state index < -0.39 is 0 Å². The van der Waals surface area contributed by atoms with Crippen LogP contribution in [0.3, 0.4) is 0 Å². The van der Waals surface area contributed by atoms with Gasteiger partial charge in [0.25, 0.3) is 0 Å². The lowest BCUT2D eigenvalue weighted by atomic mass is 9.95. The van der Waals surface area contributed by atoms with Crippen LogP contribution in [0.2, 0.25) is 0 Å². The summed E-state index contributed by atoms with van der Waals surface area (Å²) in [4.78, 5) is 0.721. The van der Waals surface area contributed by atoms with Crippen LogP contribution in [0, 0.1) is 0 Å². The van der Waals surface area contributed by atoms with Gasteiger partial charge in [0.1, 0.15) is 0 Å². The molecule has 0 bridgehead atoms. The highest BCUT2D eigenvalue weighted by Crippen LogP contribution is 2.25. The van der Waals surface area contributed by atoms with E-state index in [0.29, 0.717) is 0 Å². The highest BCUT2D eigenvalue weighted by Gasteiger charge is 2.05. The first-order chi connectivity index (χ1) is 11.3. The molecule has 2 rings (SSSR count). The molecular weight excluding hydrogens is 344 g/mol. The maximum Gasteiger partial charge on any atom is 0.0145 e. The van der Waals surface area contributed by atoms with Crippen LogP contribution in [-0.4, -0.2) is 4.83 Å². The quantitative estimate of drug-likeness (QED) is 0.300. The number of alkyl halides is 1. The van der Waals surface area contributed by atoms with Gasteiger partial charge in [0.15, 0.2) is 0 Å². The van der Waals surface area contributed by atoms with Crippen molar-refractivity contribution in [2.75, 3.05) is 0 Å². The van der Waals surface area contributed by atoms with E-state index in [0.717, 1.165) is 4.83 Å². The summed E-state index contributed by atoms with van der Waals surface area (Å²) in [5.41, 5.74) is 4.22. The van der Waals surface area contributed by atoms with Crippen LogP contribution in [0.15, 0.2) is 54.6 Å². The monoisotopic (exact) mass is 372 g/mol. The van der Waals surface area contributed by atoms with Gasteiger partial charge in [-0.2, -0.15) is 0 Å². The molecule has 0 heterocycles. The smallest absolute Gasteiger partial charge is 0.0145 e. The summed E-state index contributed by atoms with van der Waals surface area (Å²) in [6.07, 6.45) is 10.4. The molecule has 124 valence electrons. The van der Waals surface area contributed by atoms with Gasteiger partial charge in [0, 0.05) is 4.83 Å². The molecule has 0 nitrogen and oxygen atoms in total. The molecule has 0 aliphatic heterocycles. The summed E-state index contributed by atoms with van der Waals surface area (Å²) < 4.78 is 0. The summed E-state index contributed by atoms with van der Waals surface area (Å²) in [6.45, 7) is 2.27. The van der Waals surface area contributed by atoms with Crippen LogP contribution in [0.25, 0.3) is 11.1 Å². The summed E-state index contributed by atoms with van der Waals surface area (Å²) in [6, 6.07) is 19.6. The Morgan fingerprint density at radius 2 is 1.48 bits per heavy atom. The molecule has 1 atom stereocenters. The SMILES string of the molecule is CCCCC(Br)CCCCCc1ccccc1-c1ccccc1. The Morgan fingerprint density at radius 1 is 0.783 bits per heavy atom. The average molecular weight is 373 g/mol. The second kappa shape index (κ2) is 10.6. The molecule has 0 aliphatic carbocycles. The van der Waals surface area contributed by atoms with Crippen molar-refractivity contribution in [1.82, 2.24) is 0 Å². The average Bonchev–Trinajstić information content (AvgIpc) is 2.61. The van der Waals surface area contributed by atoms with Gasteiger partial charge in [-0.05, 0) is 42.4 Å². The zero-order valence-electron chi connectivity index (χ0n) is 14.3.